The van der Waals surface area contributed by atoms with Gasteiger partial charge in [-0.25, -0.2) is 0 Å². The number of H-pyrrole nitrogens is 1. The van der Waals surface area contributed by atoms with E-state index < -0.39 is 0 Å². The molecule has 0 amide bonds. The molecule has 4 heteroatoms. The highest BCUT2D eigenvalue weighted by atomic mass is 16.5. The Kier molecular flexibility index (Phi) is 3.63. The van der Waals surface area contributed by atoms with E-state index in [4.69, 9.17) is 10.00 Å². The molecule has 0 spiro atoms. The zero-order valence-corrected chi connectivity index (χ0v) is 10.2. The lowest BCUT2D eigenvalue weighted by Crippen LogP contribution is -2.09. The van der Waals surface area contributed by atoms with E-state index in [1.807, 2.05) is 12.1 Å². The first-order valence-corrected chi connectivity index (χ1v) is 5.82. The number of aromatic nitrogens is 1. The number of aryl methyl sites for hydroxylation is 1. The van der Waals surface area contributed by atoms with Gasteiger partial charge >= 0.3 is 0 Å². The molecule has 0 aliphatic rings. The Labute approximate surface area is 105 Å². The lowest BCUT2D eigenvalue weighted by Gasteiger charge is -2.07. The summed E-state index contributed by atoms with van der Waals surface area (Å²) in [4.78, 5) is 14.8. The van der Waals surface area contributed by atoms with Crippen LogP contribution in [0.2, 0.25) is 0 Å². The molecule has 0 fully saturated rings. The van der Waals surface area contributed by atoms with Crippen molar-refractivity contribution in [3.05, 3.63) is 40.3 Å². The van der Waals surface area contributed by atoms with Crippen molar-refractivity contribution in [3.63, 3.8) is 0 Å². The Bertz CT molecular complexity index is 653. The summed E-state index contributed by atoms with van der Waals surface area (Å²) in [6, 6.07) is 9.42. The first-order valence-electron chi connectivity index (χ1n) is 5.82. The normalized spacial score (nSPS) is 10.2. The summed E-state index contributed by atoms with van der Waals surface area (Å²) in [5.41, 5.74) is 0.727. The van der Waals surface area contributed by atoms with Crippen LogP contribution >= 0.6 is 0 Å². The van der Waals surface area contributed by atoms with Gasteiger partial charge in [0.25, 0.3) is 5.56 Å². The highest BCUT2D eigenvalue weighted by Gasteiger charge is 2.06. The zero-order chi connectivity index (χ0) is 13.0. The number of benzene rings is 1. The highest BCUT2D eigenvalue weighted by molar-refractivity contribution is 5.87. The second-order valence-electron chi connectivity index (χ2n) is 4.06. The fraction of sp³-hybridized carbons (Fsp3) is 0.286. The number of ether oxygens (including phenoxy) is 1. The first-order chi connectivity index (χ1) is 8.76. The second-order valence-corrected chi connectivity index (χ2v) is 4.06. The Morgan fingerprint density at radius 1 is 1.39 bits per heavy atom. The molecule has 1 aromatic carbocycles. The lowest BCUT2D eigenvalue weighted by atomic mass is 10.1. The standard InChI is InChI=1S/C14H14N2O2/c1-18-13-7-4-6-11-12(13)9-10(16-14(11)17)5-2-3-8-15/h4,6-7,9H,2-3,5H2,1H3,(H,16,17). The number of methoxy groups -OCH3 is 1. The van der Waals surface area contributed by atoms with E-state index in [2.05, 4.69) is 11.1 Å². The lowest BCUT2D eigenvalue weighted by molar-refractivity contribution is 0.419. The van der Waals surface area contributed by atoms with Crippen LogP contribution in [0.4, 0.5) is 0 Å². The van der Waals surface area contributed by atoms with Crippen LogP contribution in [0.1, 0.15) is 18.5 Å². The quantitative estimate of drug-likeness (QED) is 0.837. The predicted octanol–water partition coefficient (Wildman–Crippen LogP) is 2.38. The largest absolute Gasteiger partial charge is 0.496 e. The number of hydrogen-bond acceptors (Lipinski definition) is 3. The molecule has 0 aliphatic carbocycles. The number of unbranched alkanes of at least 4 members (excludes halogenated alkanes) is 1. The van der Waals surface area contributed by atoms with Crippen molar-refractivity contribution in [2.75, 3.05) is 7.11 Å². The van der Waals surface area contributed by atoms with Crippen molar-refractivity contribution >= 4 is 10.8 Å². The fourth-order valence-corrected chi connectivity index (χ4v) is 1.98. The molecule has 1 heterocycles. The molecular weight excluding hydrogens is 228 g/mol. The maximum Gasteiger partial charge on any atom is 0.256 e. The SMILES string of the molecule is COc1cccc2c(=O)[nH]c(CCCC#N)cc12. The molecule has 0 bridgehead atoms. The van der Waals surface area contributed by atoms with Crippen LogP contribution < -0.4 is 10.3 Å². The van der Waals surface area contributed by atoms with Gasteiger partial charge in [-0.2, -0.15) is 5.26 Å². The number of rotatable bonds is 4. The summed E-state index contributed by atoms with van der Waals surface area (Å²) in [5.74, 6) is 0.695. The topological polar surface area (TPSA) is 65.9 Å². The molecule has 4 nitrogen and oxygen atoms in total. The molecule has 0 saturated heterocycles. The molecule has 0 aliphatic heterocycles. The van der Waals surface area contributed by atoms with Crippen LogP contribution in [0, 0.1) is 11.3 Å². The van der Waals surface area contributed by atoms with E-state index >= 15 is 0 Å². The van der Waals surface area contributed by atoms with E-state index in [1.165, 1.54) is 0 Å². The number of nitriles is 1. The van der Waals surface area contributed by atoms with Gasteiger partial charge in [-0.3, -0.25) is 4.79 Å². The Hall–Kier alpha value is -2.28. The first kappa shape index (κ1) is 12.2. The number of pyridine rings is 1. The van der Waals surface area contributed by atoms with Gasteiger partial charge in [0.1, 0.15) is 5.75 Å². The summed E-state index contributed by atoms with van der Waals surface area (Å²) in [7, 11) is 1.59. The van der Waals surface area contributed by atoms with Crippen LogP contribution in [0.25, 0.3) is 10.8 Å². The van der Waals surface area contributed by atoms with Crippen molar-refractivity contribution < 1.29 is 4.74 Å². The minimum atomic E-state index is -0.113. The van der Waals surface area contributed by atoms with Crippen molar-refractivity contribution in [1.29, 1.82) is 5.26 Å². The third-order valence-electron chi connectivity index (χ3n) is 2.86. The number of nitrogens with zero attached hydrogens (tertiary/aromatic N) is 1. The van der Waals surface area contributed by atoms with Gasteiger partial charge in [-0.05, 0) is 31.0 Å². The molecule has 92 valence electrons. The van der Waals surface area contributed by atoms with E-state index in [9.17, 15) is 4.79 Å². The minimum absolute atomic E-state index is 0.113. The molecule has 2 rings (SSSR count). The van der Waals surface area contributed by atoms with Gasteiger partial charge in [-0.1, -0.05) is 6.07 Å². The van der Waals surface area contributed by atoms with Gasteiger partial charge in [-0.15, -0.1) is 0 Å². The van der Waals surface area contributed by atoms with E-state index in [1.54, 1.807) is 19.2 Å². The molecule has 0 saturated carbocycles. The van der Waals surface area contributed by atoms with Crippen LogP contribution in [0.3, 0.4) is 0 Å². The maximum atomic E-state index is 11.9. The monoisotopic (exact) mass is 242 g/mol. The maximum absolute atomic E-state index is 11.9. The Morgan fingerprint density at radius 3 is 2.94 bits per heavy atom. The molecule has 0 atom stereocenters. The third-order valence-corrected chi connectivity index (χ3v) is 2.86. The Balaban J connectivity index is 2.47. The number of nitrogens with one attached hydrogen (secondary N) is 1. The fourth-order valence-electron chi connectivity index (χ4n) is 1.98. The van der Waals surface area contributed by atoms with Crippen molar-refractivity contribution in [2.24, 2.45) is 0 Å². The molecule has 0 radical (unpaired) electrons. The predicted molar refractivity (Wildman–Crippen MR) is 69.7 cm³/mol. The smallest absolute Gasteiger partial charge is 0.256 e. The van der Waals surface area contributed by atoms with Gasteiger partial charge in [0.05, 0.1) is 18.6 Å². The van der Waals surface area contributed by atoms with E-state index in [0.29, 0.717) is 24.0 Å². The van der Waals surface area contributed by atoms with Crippen LogP contribution in [-0.2, 0) is 6.42 Å². The molecule has 1 aromatic heterocycles. The summed E-state index contributed by atoms with van der Waals surface area (Å²) < 4.78 is 5.26. The average Bonchev–Trinajstić information content (AvgIpc) is 2.38. The third kappa shape index (κ3) is 2.35. The number of hydrogen-bond donors (Lipinski definition) is 1. The van der Waals surface area contributed by atoms with Gasteiger partial charge in [0.15, 0.2) is 0 Å². The van der Waals surface area contributed by atoms with Crippen LogP contribution in [0.15, 0.2) is 29.1 Å². The van der Waals surface area contributed by atoms with Crippen molar-refractivity contribution in [2.45, 2.75) is 19.3 Å². The summed E-state index contributed by atoms with van der Waals surface area (Å²) >= 11 is 0. The minimum Gasteiger partial charge on any atom is -0.496 e. The van der Waals surface area contributed by atoms with Gasteiger partial charge in [0.2, 0.25) is 0 Å². The second kappa shape index (κ2) is 5.37. The van der Waals surface area contributed by atoms with E-state index in [-0.39, 0.29) is 5.56 Å². The van der Waals surface area contributed by atoms with Crippen LogP contribution in [-0.4, -0.2) is 12.1 Å². The zero-order valence-electron chi connectivity index (χ0n) is 10.2. The average molecular weight is 242 g/mol. The number of fused-ring (bicyclic) bond motifs is 1. The number of aromatic amines is 1. The summed E-state index contributed by atoms with van der Waals surface area (Å²) in [6.45, 7) is 0. The van der Waals surface area contributed by atoms with Crippen LogP contribution in [0.5, 0.6) is 5.75 Å². The summed E-state index contributed by atoms with van der Waals surface area (Å²) in [6.07, 6.45) is 1.93. The molecule has 1 N–H and O–H groups in total. The molecular formula is C14H14N2O2. The van der Waals surface area contributed by atoms with Crippen molar-refractivity contribution in [3.8, 4) is 11.8 Å². The highest BCUT2D eigenvalue weighted by Crippen LogP contribution is 2.23. The Morgan fingerprint density at radius 2 is 2.22 bits per heavy atom. The van der Waals surface area contributed by atoms with Gasteiger partial charge in [0, 0.05) is 17.5 Å². The van der Waals surface area contributed by atoms with E-state index in [0.717, 1.165) is 17.5 Å². The molecule has 18 heavy (non-hydrogen) atoms. The summed E-state index contributed by atoms with van der Waals surface area (Å²) in [5, 5.41) is 9.95. The molecule has 0 unspecified atom stereocenters. The van der Waals surface area contributed by atoms with Crippen molar-refractivity contribution in [1.82, 2.24) is 4.98 Å². The molecule has 2 aromatic rings. The van der Waals surface area contributed by atoms with Gasteiger partial charge < -0.3 is 9.72 Å².